The molecule has 7 nitrogen and oxygen atoms in total. The normalized spacial score (nSPS) is 13.9. The van der Waals surface area contributed by atoms with Crippen LogP contribution in [0, 0.1) is 0 Å². The van der Waals surface area contributed by atoms with Gasteiger partial charge in [-0.25, -0.2) is 0 Å². The Morgan fingerprint density at radius 1 is 1.19 bits per heavy atom. The van der Waals surface area contributed by atoms with Crippen LogP contribution < -0.4 is 25.4 Å². The number of nitrogens with two attached hydrogens (primary N) is 1. The molecule has 37 heavy (non-hydrogen) atoms. The molecule has 1 aliphatic rings. The summed E-state index contributed by atoms with van der Waals surface area (Å²) in [4.78, 5) is 14.3. The van der Waals surface area contributed by atoms with E-state index in [2.05, 4.69) is 16.3 Å². The molecule has 1 aliphatic heterocycles. The van der Waals surface area contributed by atoms with Gasteiger partial charge in [0.2, 0.25) is 0 Å². The molecular formula is C27H36F3N3O4. The van der Waals surface area contributed by atoms with Gasteiger partial charge in [-0.05, 0) is 67.5 Å². The molecule has 4 N–H and O–H groups in total. The predicted molar refractivity (Wildman–Crippen MR) is 137 cm³/mol. The van der Waals surface area contributed by atoms with Crippen molar-refractivity contribution in [1.82, 2.24) is 5.32 Å². The fourth-order valence-electron chi connectivity index (χ4n) is 4.54. The Morgan fingerprint density at radius 2 is 1.97 bits per heavy atom. The fraction of sp³-hybridized carbons (Fsp3) is 0.519. The van der Waals surface area contributed by atoms with Gasteiger partial charge in [-0.15, -0.1) is 0 Å². The van der Waals surface area contributed by atoms with Crippen molar-refractivity contribution in [2.75, 3.05) is 44.4 Å². The van der Waals surface area contributed by atoms with Crippen molar-refractivity contribution in [3.05, 3.63) is 52.6 Å². The Hall–Kier alpha value is -2.98. The molecule has 2 aromatic carbocycles. The smallest absolute Gasteiger partial charge is 0.422 e. The second kappa shape index (κ2) is 13.0. The molecule has 3 rings (SSSR count). The van der Waals surface area contributed by atoms with Gasteiger partial charge in [0.25, 0.3) is 5.91 Å². The highest BCUT2D eigenvalue weighted by Gasteiger charge is 2.29. The quantitative estimate of drug-likeness (QED) is 0.327. The number of fused-ring (bicyclic) bond motifs is 1. The number of amides is 1. The molecule has 0 bridgehead atoms. The Morgan fingerprint density at radius 3 is 2.65 bits per heavy atom. The van der Waals surface area contributed by atoms with Crippen LogP contribution in [-0.2, 0) is 19.3 Å². The Balaban J connectivity index is 1.57. The molecule has 0 aliphatic carbocycles. The van der Waals surface area contributed by atoms with E-state index in [0.29, 0.717) is 31.5 Å². The lowest BCUT2D eigenvalue weighted by atomic mass is 9.98. The number of primary amides is 1. The minimum Gasteiger partial charge on any atom is -0.488 e. The first-order valence-electron chi connectivity index (χ1n) is 12.6. The number of ether oxygens (including phenoxy) is 2. The lowest BCUT2D eigenvalue weighted by Gasteiger charge is -2.22. The molecule has 2 aromatic rings. The topological polar surface area (TPSA) is 97.1 Å². The Bertz CT molecular complexity index is 1060. The summed E-state index contributed by atoms with van der Waals surface area (Å²) in [6, 6.07) is 8.93. The van der Waals surface area contributed by atoms with Gasteiger partial charge in [0, 0.05) is 32.3 Å². The van der Waals surface area contributed by atoms with E-state index in [4.69, 9.17) is 20.3 Å². The number of aryl methyl sites for hydroxylation is 1. The number of benzene rings is 2. The lowest BCUT2D eigenvalue weighted by molar-refractivity contribution is -0.153. The highest BCUT2D eigenvalue weighted by Crippen LogP contribution is 2.34. The summed E-state index contributed by atoms with van der Waals surface area (Å²) in [5.74, 6) is -0.123. The van der Waals surface area contributed by atoms with Crippen LogP contribution in [0.5, 0.6) is 11.5 Å². The molecule has 10 heteroatoms. The third kappa shape index (κ3) is 8.26. The molecule has 0 aromatic heterocycles. The van der Waals surface area contributed by atoms with E-state index in [1.165, 1.54) is 6.07 Å². The fourth-order valence-corrected chi connectivity index (χ4v) is 4.54. The van der Waals surface area contributed by atoms with Crippen LogP contribution >= 0.6 is 0 Å². The molecule has 1 atom stereocenters. The number of hydrogen-bond donors (Lipinski definition) is 3. The predicted octanol–water partition coefficient (Wildman–Crippen LogP) is 3.63. The highest BCUT2D eigenvalue weighted by molar-refractivity contribution is 6.00. The summed E-state index contributed by atoms with van der Waals surface area (Å²) in [6.07, 6.45) is -1.60. The van der Waals surface area contributed by atoms with E-state index >= 15 is 0 Å². The summed E-state index contributed by atoms with van der Waals surface area (Å²) < 4.78 is 48.5. The number of anilines is 1. The molecular weight excluding hydrogens is 487 g/mol. The average Bonchev–Trinajstić information content (AvgIpc) is 3.25. The van der Waals surface area contributed by atoms with Gasteiger partial charge in [0.05, 0.1) is 11.3 Å². The third-order valence-corrected chi connectivity index (χ3v) is 6.27. The van der Waals surface area contributed by atoms with Gasteiger partial charge in [0.15, 0.2) is 18.1 Å². The van der Waals surface area contributed by atoms with Gasteiger partial charge in [0.1, 0.15) is 6.61 Å². The van der Waals surface area contributed by atoms with E-state index in [-0.39, 0.29) is 30.8 Å². The number of alkyl halides is 3. The maximum Gasteiger partial charge on any atom is 0.422 e. The number of rotatable bonds is 14. The van der Waals surface area contributed by atoms with Crippen molar-refractivity contribution in [3.8, 4) is 11.5 Å². The maximum atomic E-state index is 12.6. The van der Waals surface area contributed by atoms with Crippen molar-refractivity contribution in [2.45, 2.75) is 51.7 Å². The first-order valence-corrected chi connectivity index (χ1v) is 12.6. The first kappa shape index (κ1) is 28.6. The molecule has 1 heterocycles. The monoisotopic (exact) mass is 523 g/mol. The Labute approximate surface area is 215 Å². The highest BCUT2D eigenvalue weighted by atomic mass is 19.4. The second-order valence-corrected chi connectivity index (χ2v) is 9.28. The average molecular weight is 524 g/mol. The zero-order valence-electron chi connectivity index (χ0n) is 21.4. The van der Waals surface area contributed by atoms with E-state index in [0.717, 1.165) is 41.8 Å². The molecule has 0 saturated carbocycles. The zero-order valence-corrected chi connectivity index (χ0v) is 21.4. The molecule has 0 unspecified atom stereocenters. The molecule has 204 valence electrons. The number of aliphatic hydroxyl groups excluding tert-OH is 1. The number of halogens is 3. The number of nitrogens with one attached hydrogen (secondary N) is 1. The van der Waals surface area contributed by atoms with Gasteiger partial charge in [-0.1, -0.05) is 19.1 Å². The number of carbonyl (C=O) groups is 1. The minimum atomic E-state index is -4.43. The SMILES string of the molecule is CCc1ccc(OCC(F)(F)F)c(OCCN[C@H](C)Cc2cc3c(c(C(N)=O)c2)N(CCCO)CC3)c1. The van der Waals surface area contributed by atoms with Crippen molar-refractivity contribution < 1.29 is 32.5 Å². The second-order valence-electron chi connectivity index (χ2n) is 9.28. The van der Waals surface area contributed by atoms with Crippen LogP contribution in [-0.4, -0.2) is 62.7 Å². The van der Waals surface area contributed by atoms with Gasteiger partial charge < -0.3 is 30.5 Å². The standard InChI is InChI=1S/C27H36F3N3O4/c1-3-19-5-6-23(37-17-27(28,29)30)24(16-19)36-12-8-32-18(2)13-20-14-21-7-10-33(9-4-11-34)25(21)22(15-20)26(31)35/h5-6,14-16,18,32,34H,3-4,7-13,17H2,1-2H3,(H2,31,35)/t18-/m1/s1. The zero-order chi connectivity index (χ0) is 27.0. The number of hydrogen-bond acceptors (Lipinski definition) is 6. The Kier molecular flexibility index (Phi) is 10.0. The van der Waals surface area contributed by atoms with E-state index in [1.807, 2.05) is 19.9 Å². The molecule has 0 radical (unpaired) electrons. The number of nitrogens with zero attached hydrogens (tertiary/aromatic N) is 1. The largest absolute Gasteiger partial charge is 0.488 e. The van der Waals surface area contributed by atoms with Crippen molar-refractivity contribution in [3.63, 3.8) is 0 Å². The van der Waals surface area contributed by atoms with Crippen molar-refractivity contribution >= 4 is 11.6 Å². The molecule has 0 fully saturated rings. The maximum absolute atomic E-state index is 12.6. The van der Waals surface area contributed by atoms with Crippen LogP contribution in [0.2, 0.25) is 0 Å². The van der Waals surface area contributed by atoms with Crippen LogP contribution in [0.25, 0.3) is 0 Å². The summed E-state index contributed by atoms with van der Waals surface area (Å²) in [5.41, 5.74) is 10.1. The summed E-state index contributed by atoms with van der Waals surface area (Å²) in [6.45, 7) is 4.86. The molecule has 0 spiro atoms. The van der Waals surface area contributed by atoms with E-state index in [1.54, 1.807) is 12.1 Å². The summed E-state index contributed by atoms with van der Waals surface area (Å²) in [5, 5.41) is 12.5. The van der Waals surface area contributed by atoms with Crippen LogP contribution in [0.4, 0.5) is 18.9 Å². The summed E-state index contributed by atoms with van der Waals surface area (Å²) in [7, 11) is 0. The minimum absolute atomic E-state index is 0.0530. The van der Waals surface area contributed by atoms with Gasteiger partial charge in [-0.2, -0.15) is 13.2 Å². The number of aliphatic hydroxyl groups is 1. The van der Waals surface area contributed by atoms with Crippen molar-refractivity contribution in [1.29, 1.82) is 0 Å². The van der Waals surface area contributed by atoms with Gasteiger partial charge in [-0.3, -0.25) is 4.79 Å². The van der Waals surface area contributed by atoms with Crippen molar-refractivity contribution in [2.24, 2.45) is 5.73 Å². The van der Waals surface area contributed by atoms with Crippen LogP contribution in [0.3, 0.4) is 0 Å². The van der Waals surface area contributed by atoms with Crippen LogP contribution in [0.15, 0.2) is 30.3 Å². The first-order chi connectivity index (χ1) is 17.6. The third-order valence-electron chi connectivity index (χ3n) is 6.27. The summed E-state index contributed by atoms with van der Waals surface area (Å²) >= 11 is 0. The number of carbonyl (C=O) groups excluding carboxylic acids is 1. The van der Waals surface area contributed by atoms with E-state index < -0.39 is 18.7 Å². The van der Waals surface area contributed by atoms with Crippen LogP contribution in [0.1, 0.15) is 47.3 Å². The van der Waals surface area contributed by atoms with Gasteiger partial charge >= 0.3 is 6.18 Å². The molecule has 1 amide bonds. The molecule has 0 saturated heterocycles. The van der Waals surface area contributed by atoms with E-state index in [9.17, 15) is 18.0 Å². The lowest BCUT2D eigenvalue weighted by Crippen LogP contribution is -2.32.